The second-order valence-electron chi connectivity index (χ2n) is 4.84. The normalized spacial score (nSPS) is 11.0. The predicted octanol–water partition coefficient (Wildman–Crippen LogP) is 4.54. The number of ether oxygens (including phenoxy) is 1. The molecule has 0 aliphatic rings. The maximum atomic E-state index is 11.7. The van der Waals surface area contributed by atoms with Gasteiger partial charge >= 0.3 is 5.97 Å². The molecule has 0 radical (unpaired) electrons. The molecule has 0 aromatic heterocycles. The molecule has 0 spiro atoms. The van der Waals surface area contributed by atoms with Crippen LogP contribution in [0.5, 0.6) is 0 Å². The monoisotopic (exact) mass is 258 g/mol. The molecule has 19 heavy (non-hydrogen) atoms. The topological polar surface area (TPSA) is 26.3 Å². The Kier molecular flexibility index (Phi) is 6.65. The number of carbonyl (C=O) groups is 1. The third kappa shape index (κ3) is 6.61. The van der Waals surface area contributed by atoms with Crippen molar-refractivity contribution in [2.75, 3.05) is 6.61 Å². The van der Waals surface area contributed by atoms with Crippen molar-refractivity contribution in [3.8, 4) is 0 Å². The molecule has 0 saturated carbocycles. The first-order valence-electron chi connectivity index (χ1n) is 6.61. The summed E-state index contributed by atoms with van der Waals surface area (Å²) in [5.41, 5.74) is 3.18. The molecular weight excluding hydrogens is 236 g/mol. The second kappa shape index (κ2) is 8.30. The maximum Gasteiger partial charge on any atom is 0.338 e. The summed E-state index contributed by atoms with van der Waals surface area (Å²) in [6.07, 6.45) is 6.23. The van der Waals surface area contributed by atoms with E-state index < -0.39 is 0 Å². The molecule has 0 aliphatic heterocycles. The summed E-state index contributed by atoms with van der Waals surface area (Å²) in [6, 6.07) is 9.06. The zero-order valence-electron chi connectivity index (χ0n) is 12.0. The molecule has 2 heteroatoms. The Bertz CT molecular complexity index is 451. The SMILES string of the molecule is CC(C)=CCCC(C)=CCOC(=O)c1ccccc1. The van der Waals surface area contributed by atoms with Gasteiger partial charge in [0.15, 0.2) is 0 Å². The molecule has 0 aliphatic carbocycles. The summed E-state index contributed by atoms with van der Waals surface area (Å²) in [5, 5.41) is 0. The Morgan fingerprint density at radius 3 is 2.42 bits per heavy atom. The highest BCUT2D eigenvalue weighted by atomic mass is 16.5. The molecule has 1 rings (SSSR count). The van der Waals surface area contributed by atoms with E-state index in [1.807, 2.05) is 24.3 Å². The van der Waals surface area contributed by atoms with Crippen molar-refractivity contribution in [1.29, 1.82) is 0 Å². The van der Waals surface area contributed by atoms with Gasteiger partial charge in [0.25, 0.3) is 0 Å². The molecule has 102 valence electrons. The zero-order chi connectivity index (χ0) is 14.1. The van der Waals surface area contributed by atoms with E-state index in [4.69, 9.17) is 4.74 Å². The average molecular weight is 258 g/mol. The van der Waals surface area contributed by atoms with E-state index in [1.54, 1.807) is 12.1 Å². The molecule has 1 aromatic carbocycles. The van der Waals surface area contributed by atoms with Gasteiger partial charge in [0.05, 0.1) is 5.56 Å². The zero-order valence-corrected chi connectivity index (χ0v) is 12.0. The van der Waals surface area contributed by atoms with Crippen molar-refractivity contribution in [1.82, 2.24) is 0 Å². The number of esters is 1. The molecule has 1 aromatic rings. The van der Waals surface area contributed by atoms with Crippen LogP contribution < -0.4 is 0 Å². The Balaban J connectivity index is 2.33. The molecule has 0 unspecified atom stereocenters. The first-order chi connectivity index (χ1) is 9.09. The van der Waals surface area contributed by atoms with Gasteiger partial charge < -0.3 is 4.74 Å². The summed E-state index contributed by atoms with van der Waals surface area (Å²) >= 11 is 0. The van der Waals surface area contributed by atoms with Gasteiger partial charge in [-0.3, -0.25) is 0 Å². The van der Waals surface area contributed by atoms with E-state index >= 15 is 0 Å². The number of hydrogen-bond donors (Lipinski definition) is 0. The van der Waals surface area contributed by atoms with Crippen molar-refractivity contribution in [2.45, 2.75) is 33.6 Å². The highest BCUT2D eigenvalue weighted by Gasteiger charge is 2.03. The minimum Gasteiger partial charge on any atom is -0.458 e. The smallest absolute Gasteiger partial charge is 0.338 e. The number of hydrogen-bond acceptors (Lipinski definition) is 2. The summed E-state index contributed by atoms with van der Waals surface area (Å²) < 4.78 is 5.20. The molecule has 0 saturated heterocycles. The Morgan fingerprint density at radius 2 is 1.79 bits per heavy atom. The largest absolute Gasteiger partial charge is 0.458 e. The van der Waals surface area contributed by atoms with Gasteiger partial charge in [-0.2, -0.15) is 0 Å². The van der Waals surface area contributed by atoms with Crippen molar-refractivity contribution in [3.63, 3.8) is 0 Å². The fourth-order valence-corrected chi connectivity index (χ4v) is 1.61. The quantitative estimate of drug-likeness (QED) is 0.553. The van der Waals surface area contributed by atoms with E-state index in [2.05, 4.69) is 26.8 Å². The first kappa shape index (κ1) is 15.2. The molecule has 0 bridgehead atoms. The van der Waals surface area contributed by atoms with Gasteiger partial charge in [0.1, 0.15) is 6.61 Å². The predicted molar refractivity (Wildman–Crippen MR) is 79.1 cm³/mol. The van der Waals surface area contributed by atoms with Gasteiger partial charge in [-0.1, -0.05) is 35.4 Å². The van der Waals surface area contributed by atoms with Crippen LogP contribution in [0.1, 0.15) is 44.0 Å². The van der Waals surface area contributed by atoms with E-state index in [0.29, 0.717) is 12.2 Å². The van der Waals surface area contributed by atoms with Gasteiger partial charge in [-0.25, -0.2) is 4.79 Å². The number of rotatable bonds is 6. The maximum absolute atomic E-state index is 11.7. The third-order valence-corrected chi connectivity index (χ3v) is 2.75. The first-order valence-corrected chi connectivity index (χ1v) is 6.61. The number of benzene rings is 1. The van der Waals surface area contributed by atoms with E-state index in [-0.39, 0.29) is 5.97 Å². The molecule has 0 N–H and O–H groups in total. The Morgan fingerprint density at radius 1 is 1.11 bits per heavy atom. The Labute approximate surface area is 115 Å². The van der Waals surface area contributed by atoms with Crippen LogP contribution in [-0.4, -0.2) is 12.6 Å². The van der Waals surface area contributed by atoms with Crippen LogP contribution in [0.3, 0.4) is 0 Å². The molecular formula is C17H22O2. The lowest BCUT2D eigenvalue weighted by molar-refractivity contribution is 0.0549. The van der Waals surface area contributed by atoms with Crippen molar-refractivity contribution < 1.29 is 9.53 Å². The highest BCUT2D eigenvalue weighted by molar-refractivity contribution is 5.89. The fraction of sp³-hybridized carbons (Fsp3) is 0.353. The number of allylic oxidation sites excluding steroid dienone is 3. The minimum atomic E-state index is -0.269. The lowest BCUT2D eigenvalue weighted by Crippen LogP contribution is -2.04. The Hall–Kier alpha value is -1.83. The van der Waals surface area contributed by atoms with Gasteiger partial charge in [0.2, 0.25) is 0 Å². The number of carbonyl (C=O) groups excluding carboxylic acids is 1. The standard InChI is InChI=1S/C17H22O2/c1-14(2)8-7-9-15(3)12-13-19-17(18)16-10-5-4-6-11-16/h4-6,8,10-12H,7,9,13H2,1-3H3. The van der Waals surface area contributed by atoms with Crippen LogP contribution in [0.25, 0.3) is 0 Å². The molecule has 0 amide bonds. The minimum absolute atomic E-state index is 0.269. The molecule has 0 atom stereocenters. The third-order valence-electron chi connectivity index (χ3n) is 2.75. The van der Waals surface area contributed by atoms with E-state index in [1.165, 1.54) is 11.1 Å². The summed E-state index contributed by atoms with van der Waals surface area (Å²) in [6.45, 7) is 6.60. The fourth-order valence-electron chi connectivity index (χ4n) is 1.61. The molecule has 0 fully saturated rings. The van der Waals surface area contributed by atoms with Crippen LogP contribution in [0.4, 0.5) is 0 Å². The lowest BCUT2D eigenvalue weighted by Gasteiger charge is -2.03. The molecule has 0 heterocycles. The lowest BCUT2D eigenvalue weighted by atomic mass is 10.1. The van der Waals surface area contributed by atoms with E-state index in [9.17, 15) is 4.79 Å². The van der Waals surface area contributed by atoms with Crippen LogP contribution in [0.2, 0.25) is 0 Å². The summed E-state index contributed by atoms with van der Waals surface area (Å²) in [4.78, 5) is 11.7. The van der Waals surface area contributed by atoms with Crippen LogP contribution in [0.15, 0.2) is 53.6 Å². The summed E-state index contributed by atoms with van der Waals surface area (Å²) in [5.74, 6) is -0.269. The van der Waals surface area contributed by atoms with Gasteiger partial charge in [-0.15, -0.1) is 0 Å². The van der Waals surface area contributed by atoms with Crippen molar-refractivity contribution in [3.05, 3.63) is 59.2 Å². The van der Waals surface area contributed by atoms with Crippen molar-refractivity contribution >= 4 is 5.97 Å². The summed E-state index contributed by atoms with van der Waals surface area (Å²) in [7, 11) is 0. The van der Waals surface area contributed by atoms with Crippen LogP contribution in [-0.2, 0) is 4.74 Å². The van der Waals surface area contributed by atoms with Crippen LogP contribution >= 0.6 is 0 Å². The van der Waals surface area contributed by atoms with E-state index in [0.717, 1.165) is 12.8 Å². The average Bonchev–Trinajstić information content (AvgIpc) is 2.39. The highest BCUT2D eigenvalue weighted by Crippen LogP contribution is 2.07. The second-order valence-corrected chi connectivity index (χ2v) is 4.84. The van der Waals surface area contributed by atoms with Crippen LogP contribution in [0, 0.1) is 0 Å². The van der Waals surface area contributed by atoms with Gasteiger partial charge in [-0.05, 0) is 51.8 Å². The van der Waals surface area contributed by atoms with Crippen molar-refractivity contribution in [2.24, 2.45) is 0 Å². The van der Waals surface area contributed by atoms with Gasteiger partial charge in [0, 0.05) is 0 Å². The molecule has 2 nitrogen and oxygen atoms in total.